The molecule has 3 heteroatoms. The molecule has 0 radical (unpaired) electrons. The number of rotatable bonds is 1. The van der Waals surface area contributed by atoms with E-state index in [2.05, 4.69) is 12.2 Å². The second-order valence-electron chi connectivity index (χ2n) is 3.88. The van der Waals surface area contributed by atoms with Gasteiger partial charge in [0, 0.05) is 0 Å². The van der Waals surface area contributed by atoms with Gasteiger partial charge in [0.05, 0.1) is 0 Å². The molecule has 0 heterocycles. The SMILES string of the molecule is F.F.[Zr][C]1=C(C2CCCCC2)C=CC1. The molecule has 0 aromatic carbocycles. The van der Waals surface area contributed by atoms with Gasteiger partial charge < -0.3 is 0 Å². The van der Waals surface area contributed by atoms with Crippen LogP contribution in [0.3, 0.4) is 0 Å². The summed E-state index contributed by atoms with van der Waals surface area (Å²) in [7, 11) is 0. The molecule has 0 aromatic rings. The van der Waals surface area contributed by atoms with Crippen LogP contribution in [0, 0.1) is 5.92 Å². The van der Waals surface area contributed by atoms with Crippen LogP contribution >= 0.6 is 0 Å². The Bertz CT molecular complexity index is 227. The normalized spacial score (nSPS) is 21.6. The van der Waals surface area contributed by atoms with Crippen LogP contribution in [0.4, 0.5) is 9.41 Å². The number of allylic oxidation sites excluding steroid dienone is 4. The topological polar surface area (TPSA) is 0 Å². The Balaban J connectivity index is 0.000000845. The van der Waals surface area contributed by atoms with Crippen LogP contribution in [-0.4, -0.2) is 0 Å². The second kappa shape index (κ2) is 6.66. The third kappa shape index (κ3) is 3.12. The summed E-state index contributed by atoms with van der Waals surface area (Å²) in [5.74, 6) is 0.937. The molecule has 0 N–H and O–H groups in total. The Morgan fingerprint density at radius 2 is 1.71 bits per heavy atom. The summed E-state index contributed by atoms with van der Waals surface area (Å²) in [6.07, 6.45) is 13.3. The molecule has 2 aliphatic rings. The quantitative estimate of drug-likeness (QED) is 0.687. The van der Waals surface area contributed by atoms with Gasteiger partial charge in [-0.15, -0.1) is 0 Å². The Labute approximate surface area is 99.4 Å². The van der Waals surface area contributed by atoms with Crippen molar-refractivity contribution in [1.29, 1.82) is 0 Å². The van der Waals surface area contributed by atoms with E-state index in [-0.39, 0.29) is 9.41 Å². The van der Waals surface area contributed by atoms with Crippen LogP contribution < -0.4 is 0 Å². The first-order chi connectivity index (χ1) is 5.88. The zero-order valence-electron chi connectivity index (χ0n) is 8.29. The van der Waals surface area contributed by atoms with Crippen molar-refractivity contribution in [2.75, 3.05) is 0 Å². The number of hydrogen-bond donors (Lipinski definition) is 0. The average molecular weight is 278 g/mol. The van der Waals surface area contributed by atoms with Crippen LogP contribution in [0.25, 0.3) is 0 Å². The maximum absolute atomic E-state index is 2.39. The van der Waals surface area contributed by atoms with Gasteiger partial charge in [-0.3, -0.25) is 9.41 Å². The van der Waals surface area contributed by atoms with Crippen LogP contribution in [0.1, 0.15) is 38.5 Å². The first kappa shape index (κ1) is 14.2. The van der Waals surface area contributed by atoms with Gasteiger partial charge in [-0.25, -0.2) is 0 Å². The van der Waals surface area contributed by atoms with Crippen molar-refractivity contribution in [2.45, 2.75) is 38.5 Å². The van der Waals surface area contributed by atoms with E-state index >= 15 is 0 Å². The van der Waals surface area contributed by atoms with Gasteiger partial charge in [0.15, 0.2) is 0 Å². The fourth-order valence-electron chi connectivity index (χ4n) is 2.32. The van der Waals surface area contributed by atoms with Crippen LogP contribution in [0.2, 0.25) is 0 Å². The predicted octanol–water partition coefficient (Wildman–Crippen LogP) is 3.63. The van der Waals surface area contributed by atoms with Crippen molar-refractivity contribution in [2.24, 2.45) is 5.92 Å². The van der Waals surface area contributed by atoms with E-state index in [0.717, 1.165) is 5.92 Å². The summed E-state index contributed by atoms with van der Waals surface area (Å²) in [6.45, 7) is 0. The van der Waals surface area contributed by atoms with Gasteiger partial charge in [0.1, 0.15) is 0 Å². The molecule has 1 saturated carbocycles. The zero-order valence-corrected chi connectivity index (χ0v) is 10.7. The molecule has 2 rings (SSSR count). The van der Waals surface area contributed by atoms with Crippen LogP contribution in [-0.2, 0) is 24.7 Å². The molecule has 0 unspecified atom stereocenters. The predicted molar refractivity (Wildman–Crippen MR) is 52.4 cm³/mol. The average Bonchev–Trinajstić information content (AvgIpc) is 2.53. The Morgan fingerprint density at radius 3 is 2.21 bits per heavy atom. The number of halogens is 2. The Kier molecular flexibility index (Phi) is 6.77. The van der Waals surface area contributed by atoms with E-state index in [1.807, 2.05) is 0 Å². The Hall–Kier alpha value is 0.223. The van der Waals surface area contributed by atoms with Crippen LogP contribution in [0.15, 0.2) is 21.0 Å². The van der Waals surface area contributed by atoms with Crippen molar-refractivity contribution in [3.8, 4) is 0 Å². The standard InChI is InChI=1S/C11H15.2FH.Zr/c1-2-6-10(7-3-1)11-8-4-5-9-11;;;/h4,8,10H,1-3,5-7H2;2*1H;. The van der Waals surface area contributed by atoms with Crippen molar-refractivity contribution in [3.63, 3.8) is 0 Å². The zero-order chi connectivity index (χ0) is 8.39. The molecule has 1 fully saturated rings. The third-order valence-corrected chi connectivity index (χ3v) is 4.22. The molecule has 0 nitrogen and oxygen atoms in total. The van der Waals surface area contributed by atoms with Crippen molar-refractivity contribution in [3.05, 3.63) is 21.0 Å². The number of hydrogen-bond acceptors (Lipinski definition) is 0. The van der Waals surface area contributed by atoms with E-state index in [1.165, 1.54) is 38.5 Å². The third-order valence-electron chi connectivity index (χ3n) is 3.01. The van der Waals surface area contributed by atoms with Gasteiger partial charge in [-0.2, -0.15) is 0 Å². The Morgan fingerprint density at radius 1 is 1.07 bits per heavy atom. The van der Waals surface area contributed by atoms with Crippen LogP contribution in [0.5, 0.6) is 0 Å². The van der Waals surface area contributed by atoms with Gasteiger partial charge in [0.25, 0.3) is 0 Å². The van der Waals surface area contributed by atoms with E-state index in [1.54, 1.807) is 33.6 Å². The van der Waals surface area contributed by atoms with Crippen molar-refractivity contribution in [1.82, 2.24) is 0 Å². The van der Waals surface area contributed by atoms with Crippen molar-refractivity contribution >= 4 is 0 Å². The van der Waals surface area contributed by atoms with Gasteiger partial charge in [0.2, 0.25) is 0 Å². The minimum atomic E-state index is 0. The van der Waals surface area contributed by atoms with Gasteiger partial charge >= 0.3 is 90.2 Å². The molecule has 79 valence electrons. The molecule has 0 bridgehead atoms. The molecule has 0 aromatic heterocycles. The molecular formula is C11H17F2Zr. The van der Waals surface area contributed by atoms with Crippen molar-refractivity contribution < 1.29 is 34.1 Å². The van der Waals surface area contributed by atoms with E-state index in [4.69, 9.17) is 0 Å². The fourth-order valence-corrected chi connectivity index (χ4v) is 3.31. The monoisotopic (exact) mass is 277 g/mol. The summed E-state index contributed by atoms with van der Waals surface area (Å²) in [5, 5.41) is 0. The molecule has 0 aliphatic heterocycles. The summed E-state index contributed by atoms with van der Waals surface area (Å²) in [6, 6.07) is 0. The minimum absolute atomic E-state index is 0. The molecule has 0 spiro atoms. The molecule has 0 saturated heterocycles. The fraction of sp³-hybridized carbons (Fsp3) is 0.636. The molecule has 2 aliphatic carbocycles. The van der Waals surface area contributed by atoms with E-state index in [0.29, 0.717) is 0 Å². The summed E-state index contributed by atoms with van der Waals surface area (Å²) in [4.78, 5) is 0. The molecular weight excluding hydrogens is 261 g/mol. The molecule has 14 heavy (non-hydrogen) atoms. The van der Waals surface area contributed by atoms with Gasteiger partial charge in [-0.1, -0.05) is 0 Å². The van der Waals surface area contributed by atoms with Gasteiger partial charge in [-0.05, 0) is 0 Å². The second-order valence-corrected chi connectivity index (χ2v) is 5.36. The summed E-state index contributed by atoms with van der Waals surface area (Å²) < 4.78 is 1.72. The first-order valence-corrected chi connectivity index (χ1v) is 6.22. The summed E-state index contributed by atoms with van der Waals surface area (Å²) >= 11 is 1.64. The van der Waals surface area contributed by atoms with E-state index in [9.17, 15) is 0 Å². The van der Waals surface area contributed by atoms with E-state index < -0.39 is 0 Å². The molecule has 0 atom stereocenters. The maximum atomic E-state index is 2.39. The summed E-state index contributed by atoms with van der Waals surface area (Å²) in [5.41, 5.74) is 1.72. The first-order valence-electron chi connectivity index (χ1n) is 4.99. The molecule has 0 amide bonds.